The molecule has 0 radical (unpaired) electrons. The van der Waals surface area contributed by atoms with Crippen LogP contribution in [0.3, 0.4) is 0 Å². The number of alkyl carbamates (subject to hydrolysis) is 1. The third-order valence-corrected chi connectivity index (χ3v) is 7.68. The first kappa shape index (κ1) is 39.3. The van der Waals surface area contributed by atoms with Crippen molar-refractivity contribution in [3.05, 3.63) is 70.8 Å². The van der Waals surface area contributed by atoms with E-state index >= 15 is 0 Å². The molecule has 3 amide bonds. The van der Waals surface area contributed by atoms with Crippen molar-refractivity contribution in [3.8, 4) is 0 Å². The van der Waals surface area contributed by atoms with Gasteiger partial charge in [0.25, 0.3) is 0 Å². The average Bonchev–Trinajstić information content (AvgIpc) is 2.95. The minimum Gasteiger partial charge on any atom is -0.458 e. The first-order valence-electron chi connectivity index (χ1n) is 16.8. The van der Waals surface area contributed by atoms with Crippen LogP contribution in [-0.2, 0) is 30.3 Å². The summed E-state index contributed by atoms with van der Waals surface area (Å²) in [5.74, 6) is -1.78. The lowest BCUT2D eigenvalue weighted by molar-refractivity contribution is -0.159. The number of carbonyl (C=O) groups is 4. The lowest BCUT2D eigenvalue weighted by atomic mass is 9.93. The van der Waals surface area contributed by atoms with Crippen LogP contribution in [0.1, 0.15) is 110 Å². The molecule has 9 nitrogen and oxygen atoms in total. The zero-order valence-corrected chi connectivity index (χ0v) is 30.4. The molecule has 0 aromatic heterocycles. The number of nitrogens with zero attached hydrogens (tertiary/aromatic N) is 1. The van der Waals surface area contributed by atoms with Gasteiger partial charge >= 0.3 is 12.1 Å². The van der Waals surface area contributed by atoms with Gasteiger partial charge in [0.15, 0.2) is 0 Å². The van der Waals surface area contributed by atoms with E-state index in [0.717, 1.165) is 29.5 Å². The number of amides is 3. The van der Waals surface area contributed by atoms with Gasteiger partial charge in [-0.2, -0.15) is 0 Å². The standard InChI is InChI=1S/C38H57N3O6/c1-12-13-17-23-41(34(43)31(25(2)3)40-36(45)47-38(9,10)11)32(29-22-18-19-26(4)27(29)5)33(42)39-30(35(44)46-37(6,7)8)24-28-20-15-14-16-21-28/h14-16,18-22,25,30-32H,12-13,17,23-24H2,1-11H3,(H,39,42)(H,40,45). The smallest absolute Gasteiger partial charge is 0.408 e. The molecule has 0 aliphatic heterocycles. The van der Waals surface area contributed by atoms with Crippen LogP contribution in [0, 0.1) is 19.8 Å². The van der Waals surface area contributed by atoms with Gasteiger partial charge in [0.05, 0.1) is 0 Å². The van der Waals surface area contributed by atoms with E-state index in [2.05, 4.69) is 17.6 Å². The maximum absolute atomic E-state index is 14.6. The molecule has 3 atom stereocenters. The number of aryl methyl sites for hydroxylation is 1. The highest BCUT2D eigenvalue weighted by molar-refractivity contribution is 5.94. The fourth-order valence-electron chi connectivity index (χ4n) is 5.21. The fourth-order valence-corrected chi connectivity index (χ4v) is 5.21. The van der Waals surface area contributed by atoms with Crippen LogP contribution in [0.2, 0.25) is 0 Å². The summed E-state index contributed by atoms with van der Waals surface area (Å²) in [7, 11) is 0. The Kier molecular flexibility index (Phi) is 14.5. The lowest BCUT2D eigenvalue weighted by Crippen LogP contribution is -2.56. The monoisotopic (exact) mass is 651 g/mol. The summed E-state index contributed by atoms with van der Waals surface area (Å²) in [4.78, 5) is 57.2. The van der Waals surface area contributed by atoms with Crippen LogP contribution in [0.4, 0.5) is 4.79 Å². The van der Waals surface area contributed by atoms with Crippen molar-refractivity contribution in [1.29, 1.82) is 0 Å². The van der Waals surface area contributed by atoms with E-state index in [1.807, 2.05) is 76.2 Å². The van der Waals surface area contributed by atoms with Gasteiger partial charge in [0.1, 0.15) is 29.3 Å². The van der Waals surface area contributed by atoms with E-state index in [1.165, 1.54) is 0 Å². The summed E-state index contributed by atoms with van der Waals surface area (Å²) >= 11 is 0. The number of nitrogens with one attached hydrogen (secondary N) is 2. The number of esters is 1. The summed E-state index contributed by atoms with van der Waals surface area (Å²) < 4.78 is 11.2. The van der Waals surface area contributed by atoms with Crippen molar-refractivity contribution in [1.82, 2.24) is 15.5 Å². The molecule has 0 heterocycles. The molecule has 0 aliphatic carbocycles. The third kappa shape index (κ3) is 12.7. The molecule has 47 heavy (non-hydrogen) atoms. The normalized spacial score (nSPS) is 13.7. The molecule has 9 heteroatoms. The Labute approximate surface area is 282 Å². The SMILES string of the molecule is CCCCCN(C(=O)C(NC(=O)OC(C)(C)C)C(C)C)C(C(=O)NC(Cc1ccccc1)C(=O)OC(C)(C)C)c1cccc(C)c1C. The Morgan fingerprint density at radius 1 is 0.809 bits per heavy atom. The maximum Gasteiger partial charge on any atom is 0.408 e. The second-order valence-corrected chi connectivity index (χ2v) is 14.6. The Hall–Kier alpha value is -3.88. The highest BCUT2D eigenvalue weighted by atomic mass is 16.6. The van der Waals surface area contributed by atoms with Crippen molar-refractivity contribution in [3.63, 3.8) is 0 Å². The zero-order chi connectivity index (χ0) is 35.5. The first-order valence-corrected chi connectivity index (χ1v) is 16.8. The van der Waals surface area contributed by atoms with Crippen molar-refractivity contribution in [2.45, 2.75) is 131 Å². The molecule has 0 saturated heterocycles. The molecule has 0 fully saturated rings. The van der Waals surface area contributed by atoms with Gasteiger partial charge in [-0.3, -0.25) is 9.59 Å². The van der Waals surface area contributed by atoms with Crippen molar-refractivity contribution in [2.24, 2.45) is 5.92 Å². The number of benzene rings is 2. The van der Waals surface area contributed by atoms with E-state index in [0.29, 0.717) is 12.0 Å². The van der Waals surface area contributed by atoms with Crippen LogP contribution in [0.15, 0.2) is 48.5 Å². The number of carbonyl (C=O) groups excluding carboxylic acids is 4. The molecule has 0 spiro atoms. The van der Waals surface area contributed by atoms with Gasteiger partial charge in [-0.1, -0.05) is 82.1 Å². The molecule has 3 unspecified atom stereocenters. The minimum atomic E-state index is -1.08. The van der Waals surface area contributed by atoms with Gasteiger partial charge < -0.3 is 25.0 Å². The molecule has 0 bridgehead atoms. The first-order chi connectivity index (χ1) is 21.8. The Bertz CT molecular complexity index is 1340. The fraction of sp³-hybridized carbons (Fsp3) is 0.579. The maximum atomic E-state index is 14.6. The Balaban J connectivity index is 2.67. The molecule has 260 valence electrons. The van der Waals surface area contributed by atoms with Crippen molar-refractivity contribution < 1.29 is 28.7 Å². The molecule has 2 aromatic rings. The molecular formula is C38H57N3O6. The zero-order valence-electron chi connectivity index (χ0n) is 30.4. The Morgan fingerprint density at radius 2 is 1.43 bits per heavy atom. The van der Waals surface area contributed by atoms with Crippen LogP contribution in [-0.4, -0.2) is 58.6 Å². The van der Waals surface area contributed by atoms with Gasteiger partial charge in [-0.05, 0) is 90.0 Å². The number of ether oxygens (including phenoxy) is 2. The van der Waals surface area contributed by atoms with Gasteiger partial charge in [-0.25, -0.2) is 9.59 Å². The quantitative estimate of drug-likeness (QED) is 0.168. The minimum absolute atomic E-state index is 0.208. The van der Waals surface area contributed by atoms with Gasteiger partial charge in [-0.15, -0.1) is 0 Å². The average molecular weight is 652 g/mol. The van der Waals surface area contributed by atoms with E-state index in [9.17, 15) is 19.2 Å². The largest absolute Gasteiger partial charge is 0.458 e. The summed E-state index contributed by atoms with van der Waals surface area (Å²) in [6.07, 6.45) is 1.89. The lowest BCUT2D eigenvalue weighted by Gasteiger charge is -2.37. The summed E-state index contributed by atoms with van der Waals surface area (Å²) in [6, 6.07) is 12.0. The van der Waals surface area contributed by atoms with Crippen LogP contribution >= 0.6 is 0 Å². The number of unbranched alkanes of at least 4 members (excludes halogenated alkanes) is 2. The van der Waals surface area contributed by atoms with Crippen molar-refractivity contribution >= 4 is 23.9 Å². The van der Waals surface area contributed by atoms with E-state index in [-0.39, 0.29) is 18.9 Å². The topological polar surface area (TPSA) is 114 Å². The van der Waals surface area contributed by atoms with Crippen LogP contribution < -0.4 is 10.6 Å². The second kappa shape index (κ2) is 17.3. The third-order valence-electron chi connectivity index (χ3n) is 7.68. The predicted octanol–water partition coefficient (Wildman–Crippen LogP) is 6.98. The second-order valence-electron chi connectivity index (χ2n) is 14.6. The molecule has 2 aromatic carbocycles. The highest BCUT2D eigenvalue weighted by Crippen LogP contribution is 2.29. The number of hydrogen-bond donors (Lipinski definition) is 2. The number of hydrogen-bond acceptors (Lipinski definition) is 6. The molecule has 2 N–H and O–H groups in total. The van der Waals surface area contributed by atoms with E-state index in [1.54, 1.807) is 46.4 Å². The van der Waals surface area contributed by atoms with E-state index in [4.69, 9.17) is 9.47 Å². The summed E-state index contributed by atoms with van der Waals surface area (Å²) in [5, 5.41) is 5.75. The van der Waals surface area contributed by atoms with Crippen molar-refractivity contribution in [2.75, 3.05) is 6.54 Å². The molecular weight excluding hydrogens is 594 g/mol. The molecule has 0 saturated carbocycles. The molecule has 2 rings (SSSR count). The van der Waals surface area contributed by atoms with Gasteiger partial charge in [0, 0.05) is 13.0 Å². The van der Waals surface area contributed by atoms with E-state index < -0.39 is 53.2 Å². The Morgan fingerprint density at radius 3 is 1.98 bits per heavy atom. The van der Waals surface area contributed by atoms with Crippen LogP contribution in [0.25, 0.3) is 0 Å². The van der Waals surface area contributed by atoms with Crippen LogP contribution in [0.5, 0.6) is 0 Å². The predicted molar refractivity (Wildman–Crippen MR) is 186 cm³/mol. The molecule has 0 aliphatic rings. The van der Waals surface area contributed by atoms with Gasteiger partial charge in [0.2, 0.25) is 11.8 Å². The highest BCUT2D eigenvalue weighted by Gasteiger charge is 2.39. The summed E-state index contributed by atoms with van der Waals surface area (Å²) in [5.41, 5.74) is 1.79. The number of rotatable bonds is 14. The summed E-state index contributed by atoms with van der Waals surface area (Å²) in [6.45, 7) is 20.5.